The third-order valence-electron chi connectivity index (χ3n) is 6.02. The van der Waals surface area contributed by atoms with Crippen LogP contribution in [0.2, 0.25) is 0 Å². The van der Waals surface area contributed by atoms with Gasteiger partial charge in [-0.15, -0.1) is 0 Å². The van der Waals surface area contributed by atoms with E-state index in [1.807, 2.05) is 26.0 Å². The molecule has 4 rings (SSSR count). The van der Waals surface area contributed by atoms with Gasteiger partial charge in [0.25, 0.3) is 5.56 Å². The molecule has 0 unspecified atom stereocenters. The van der Waals surface area contributed by atoms with Crippen molar-refractivity contribution in [2.24, 2.45) is 5.10 Å². The zero-order valence-corrected chi connectivity index (χ0v) is 22.6. The molecule has 0 amide bonds. The summed E-state index contributed by atoms with van der Waals surface area (Å²) in [6.07, 6.45) is 2.34. The first-order valence-electron chi connectivity index (χ1n) is 11.7. The lowest BCUT2D eigenvalue weighted by atomic mass is 10.1. The van der Waals surface area contributed by atoms with Crippen LogP contribution in [0.1, 0.15) is 43.1 Å². The number of rotatable bonds is 9. The number of methoxy groups -OCH3 is 2. The summed E-state index contributed by atoms with van der Waals surface area (Å²) in [6.45, 7) is 4.04. The van der Waals surface area contributed by atoms with Crippen LogP contribution < -0.4 is 19.8 Å². The lowest BCUT2D eigenvalue weighted by molar-refractivity contribution is 0.262. The molecule has 3 aromatic carbocycles. The van der Waals surface area contributed by atoms with Crippen LogP contribution >= 0.6 is 15.9 Å². The fraction of sp³-hybridized carbons (Fsp3) is 0.250. The molecule has 0 saturated carbocycles. The van der Waals surface area contributed by atoms with Gasteiger partial charge in [-0.2, -0.15) is 9.78 Å². The Morgan fingerprint density at radius 3 is 2.46 bits per heavy atom. The molecular formula is C28H27BrFN3O4. The molecule has 9 heteroatoms. The topological polar surface area (TPSA) is 74.9 Å². The maximum absolute atomic E-state index is 14.1. The predicted octanol–water partition coefficient (Wildman–Crippen LogP) is 6.29. The first-order valence-corrected chi connectivity index (χ1v) is 12.5. The monoisotopic (exact) mass is 567 g/mol. The molecule has 192 valence electrons. The lowest BCUT2D eigenvalue weighted by Gasteiger charge is -2.16. The van der Waals surface area contributed by atoms with E-state index in [1.54, 1.807) is 42.6 Å². The summed E-state index contributed by atoms with van der Waals surface area (Å²) in [5.74, 6) is 1.32. The number of halogens is 2. The van der Waals surface area contributed by atoms with E-state index in [1.165, 1.54) is 25.0 Å². The molecule has 0 aliphatic heterocycles. The molecule has 0 bridgehead atoms. The van der Waals surface area contributed by atoms with Crippen molar-refractivity contribution in [3.8, 4) is 17.2 Å². The van der Waals surface area contributed by atoms with Gasteiger partial charge in [-0.05, 0) is 42.8 Å². The van der Waals surface area contributed by atoms with Crippen LogP contribution in [-0.4, -0.2) is 30.1 Å². The number of hydrogen-bond acceptors (Lipinski definition) is 6. The molecule has 4 aromatic rings. The molecule has 37 heavy (non-hydrogen) atoms. The average Bonchev–Trinajstić information content (AvgIpc) is 2.91. The number of nitrogens with zero attached hydrogens (tertiary/aromatic N) is 3. The largest absolute Gasteiger partial charge is 0.493 e. The van der Waals surface area contributed by atoms with Crippen molar-refractivity contribution in [2.45, 2.75) is 32.8 Å². The van der Waals surface area contributed by atoms with Crippen molar-refractivity contribution in [1.29, 1.82) is 0 Å². The normalized spacial score (nSPS) is 12.2. The maximum Gasteiger partial charge on any atom is 0.282 e. The number of ether oxygens (including phenoxy) is 3. The summed E-state index contributed by atoms with van der Waals surface area (Å²) in [5, 5.41) is 4.97. The summed E-state index contributed by atoms with van der Waals surface area (Å²) in [6, 6.07) is 15.2. The number of fused-ring (bicyclic) bond motifs is 1. The standard InChI is InChI=1S/C28H27BrFN3O4/c1-5-17(2)27-32-23-11-10-20(29)14-21(23)28(34)33(27)31-15-18-12-24(35-3)26(25(13-18)36-4)37-16-19-8-6-7-9-22(19)30/h6-15,17H,5,16H2,1-4H3/t17-/m0/s1. The summed E-state index contributed by atoms with van der Waals surface area (Å²) < 4.78 is 33.1. The van der Waals surface area contributed by atoms with Crippen LogP contribution in [0.15, 0.2) is 69.0 Å². The van der Waals surface area contributed by atoms with Crippen molar-refractivity contribution in [1.82, 2.24) is 9.66 Å². The van der Waals surface area contributed by atoms with Gasteiger partial charge in [0, 0.05) is 21.5 Å². The molecule has 7 nitrogen and oxygen atoms in total. The second-order valence-corrected chi connectivity index (χ2v) is 9.35. The van der Waals surface area contributed by atoms with E-state index in [2.05, 4.69) is 21.0 Å². The highest BCUT2D eigenvalue weighted by Gasteiger charge is 2.17. The van der Waals surface area contributed by atoms with Crippen LogP contribution in [0.25, 0.3) is 10.9 Å². The van der Waals surface area contributed by atoms with Crippen molar-refractivity contribution in [3.63, 3.8) is 0 Å². The highest BCUT2D eigenvalue weighted by Crippen LogP contribution is 2.39. The first kappa shape index (κ1) is 26.3. The van der Waals surface area contributed by atoms with Crippen LogP contribution in [0, 0.1) is 5.82 Å². The first-order chi connectivity index (χ1) is 17.9. The average molecular weight is 568 g/mol. The van der Waals surface area contributed by atoms with E-state index in [9.17, 15) is 9.18 Å². The minimum absolute atomic E-state index is 0.00118. The fourth-order valence-electron chi connectivity index (χ4n) is 3.79. The second-order valence-electron chi connectivity index (χ2n) is 8.44. The Balaban J connectivity index is 1.74. The Bertz CT molecular complexity index is 1490. The molecule has 0 radical (unpaired) electrons. The lowest BCUT2D eigenvalue weighted by Crippen LogP contribution is -2.23. The molecular weight excluding hydrogens is 541 g/mol. The SMILES string of the molecule is CC[C@H](C)c1nc2ccc(Br)cc2c(=O)n1N=Cc1cc(OC)c(OCc2ccccc2F)c(OC)c1. The highest BCUT2D eigenvalue weighted by molar-refractivity contribution is 9.10. The molecule has 0 fully saturated rings. The van der Waals surface area contributed by atoms with Gasteiger partial charge in [0.15, 0.2) is 11.5 Å². The molecule has 0 aliphatic carbocycles. The van der Waals surface area contributed by atoms with E-state index in [0.717, 1.165) is 10.9 Å². The minimum atomic E-state index is -0.359. The Morgan fingerprint density at radius 2 is 1.81 bits per heavy atom. The van der Waals surface area contributed by atoms with Crippen LogP contribution in [-0.2, 0) is 6.61 Å². The van der Waals surface area contributed by atoms with E-state index in [0.29, 0.717) is 45.1 Å². The van der Waals surface area contributed by atoms with Gasteiger partial charge in [-0.3, -0.25) is 4.79 Å². The van der Waals surface area contributed by atoms with E-state index in [-0.39, 0.29) is 23.9 Å². The van der Waals surface area contributed by atoms with E-state index < -0.39 is 0 Å². The predicted molar refractivity (Wildman–Crippen MR) is 146 cm³/mol. The summed E-state index contributed by atoms with van der Waals surface area (Å²) in [4.78, 5) is 18.1. The Kier molecular flexibility index (Phi) is 8.23. The molecule has 0 saturated heterocycles. The molecule has 1 atom stereocenters. The Morgan fingerprint density at radius 1 is 1.11 bits per heavy atom. The number of hydrogen-bond donors (Lipinski definition) is 0. The van der Waals surface area contributed by atoms with Gasteiger partial charge < -0.3 is 14.2 Å². The Hall–Kier alpha value is -3.72. The number of benzene rings is 3. The van der Waals surface area contributed by atoms with Crippen molar-refractivity contribution in [3.05, 3.63) is 92.2 Å². The van der Waals surface area contributed by atoms with Gasteiger partial charge in [0.05, 0.1) is 31.3 Å². The van der Waals surface area contributed by atoms with Gasteiger partial charge in [0.1, 0.15) is 18.2 Å². The molecule has 1 heterocycles. The third kappa shape index (κ3) is 5.67. The van der Waals surface area contributed by atoms with E-state index in [4.69, 9.17) is 19.2 Å². The van der Waals surface area contributed by atoms with Crippen LogP contribution in [0.5, 0.6) is 17.2 Å². The van der Waals surface area contributed by atoms with Crippen molar-refractivity contribution >= 4 is 33.0 Å². The van der Waals surface area contributed by atoms with Crippen molar-refractivity contribution in [2.75, 3.05) is 14.2 Å². The van der Waals surface area contributed by atoms with Gasteiger partial charge in [-0.1, -0.05) is 48.0 Å². The quantitative estimate of drug-likeness (QED) is 0.222. The minimum Gasteiger partial charge on any atom is -0.493 e. The van der Waals surface area contributed by atoms with Crippen LogP contribution in [0.3, 0.4) is 0 Å². The third-order valence-corrected chi connectivity index (χ3v) is 6.51. The van der Waals surface area contributed by atoms with Crippen molar-refractivity contribution < 1.29 is 18.6 Å². The van der Waals surface area contributed by atoms with E-state index >= 15 is 0 Å². The summed E-state index contributed by atoms with van der Waals surface area (Å²) in [7, 11) is 3.00. The molecule has 1 aromatic heterocycles. The molecule has 0 N–H and O–H groups in total. The Labute approximate surface area is 222 Å². The second kappa shape index (κ2) is 11.6. The smallest absolute Gasteiger partial charge is 0.282 e. The van der Waals surface area contributed by atoms with Gasteiger partial charge >= 0.3 is 0 Å². The molecule has 0 spiro atoms. The summed E-state index contributed by atoms with van der Waals surface area (Å²) in [5.41, 5.74) is 1.38. The van der Waals surface area contributed by atoms with Crippen LogP contribution in [0.4, 0.5) is 4.39 Å². The highest BCUT2D eigenvalue weighted by atomic mass is 79.9. The van der Waals surface area contributed by atoms with Gasteiger partial charge in [0.2, 0.25) is 5.75 Å². The van der Waals surface area contributed by atoms with Gasteiger partial charge in [-0.25, -0.2) is 9.37 Å². The summed E-state index contributed by atoms with van der Waals surface area (Å²) >= 11 is 3.42. The fourth-order valence-corrected chi connectivity index (χ4v) is 4.15. The molecule has 0 aliphatic rings. The maximum atomic E-state index is 14.1. The zero-order chi connectivity index (χ0) is 26.5. The number of aromatic nitrogens is 2. The zero-order valence-electron chi connectivity index (χ0n) is 21.0.